The minimum absolute atomic E-state index is 0.00475. The van der Waals surface area contributed by atoms with Crippen LogP contribution < -0.4 is 0 Å². The van der Waals surface area contributed by atoms with Gasteiger partial charge in [-0.05, 0) is 123 Å². The van der Waals surface area contributed by atoms with E-state index in [0.29, 0.717) is 43.5 Å². The minimum atomic E-state index is -1.26. The van der Waals surface area contributed by atoms with E-state index in [1.807, 2.05) is 4.90 Å². The second kappa shape index (κ2) is 11.2. The first-order chi connectivity index (χ1) is 23.0. The molecule has 1 aromatic heterocycles. The van der Waals surface area contributed by atoms with Crippen LogP contribution in [0.1, 0.15) is 110 Å². The molecule has 2 spiro atoms. The van der Waals surface area contributed by atoms with Gasteiger partial charge in [-0.15, -0.1) is 0 Å². The van der Waals surface area contributed by atoms with Crippen molar-refractivity contribution >= 4 is 5.91 Å². The van der Waals surface area contributed by atoms with Crippen molar-refractivity contribution in [3.8, 4) is 0 Å². The van der Waals surface area contributed by atoms with Crippen molar-refractivity contribution < 1.29 is 34.3 Å². The number of rotatable bonds is 5. The first kappa shape index (κ1) is 34.5. The van der Waals surface area contributed by atoms with E-state index in [-0.39, 0.29) is 57.0 Å². The highest BCUT2D eigenvalue weighted by Crippen LogP contribution is 2.89. The second-order valence-electron chi connectivity index (χ2n) is 19.1. The van der Waals surface area contributed by atoms with Crippen LogP contribution >= 0.6 is 0 Å². The first-order valence-corrected chi connectivity index (χ1v) is 19.2. The van der Waals surface area contributed by atoms with Crippen molar-refractivity contribution in [1.29, 1.82) is 0 Å². The molecule has 3 heterocycles. The van der Waals surface area contributed by atoms with Crippen LogP contribution in [0.5, 0.6) is 0 Å². The highest BCUT2D eigenvalue weighted by molar-refractivity contribution is 5.94. The highest BCUT2D eigenvalue weighted by Gasteiger charge is 2.84. The molecular formula is C40H60N2O7. The molecule has 0 bridgehead atoms. The molecule has 0 aromatic carbocycles. The monoisotopic (exact) mass is 680 g/mol. The van der Waals surface area contributed by atoms with Crippen LogP contribution in [0, 0.1) is 50.7 Å². The quantitative estimate of drug-likeness (QED) is 0.388. The molecule has 272 valence electrons. The Bertz CT molecular complexity index is 1450. The summed E-state index contributed by atoms with van der Waals surface area (Å²) in [6, 6.07) is 3.52. The molecule has 5 aliphatic carbocycles. The Kier molecular flexibility index (Phi) is 7.87. The van der Waals surface area contributed by atoms with Gasteiger partial charge in [0.25, 0.3) is 5.91 Å². The van der Waals surface area contributed by atoms with E-state index in [1.165, 1.54) is 12.8 Å². The van der Waals surface area contributed by atoms with Gasteiger partial charge in [0.05, 0.1) is 43.2 Å². The summed E-state index contributed by atoms with van der Waals surface area (Å²) in [5.74, 6) is 1.46. The van der Waals surface area contributed by atoms with Gasteiger partial charge in [0.15, 0.2) is 6.29 Å². The molecule has 7 fully saturated rings. The molecule has 1 aromatic rings. The number of carbonyl (C=O) groups is 1. The number of amides is 1. The number of fused-ring (bicyclic) bond motifs is 4. The number of hydrogen-bond acceptors (Lipinski definition) is 8. The predicted molar refractivity (Wildman–Crippen MR) is 183 cm³/mol. The smallest absolute Gasteiger partial charge is 0.254 e. The molecule has 1 amide bonds. The Morgan fingerprint density at radius 1 is 1.06 bits per heavy atom. The second-order valence-corrected chi connectivity index (χ2v) is 19.1. The maximum absolute atomic E-state index is 13.2. The number of nitrogens with zero attached hydrogens (tertiary/aromatic N) is 2. The Morgan fingerprint density at radius 2 is 1.76 bits per heavy atom. The first-order valence-electron chi connectivity index (χ1n) is 19.2. The van der Waals surface area contributed by atoms with Gasteiger partial charge < -0.3 is 34.4 Å². The SMILES string of the molecule is C[C@@H]1CC(C(O)C(C)(C)O)OC2C1C1(C)CCC34CC35CCC(OC3CN(C(=O)c6ccncc6)CCO3)C(C)(C)[C@@H]5CCC4[C@]1(C)[C@H]2O. The van der Waals surface area contributed by atoms with Crippen molar-refractivity contribution in [2.45, 2.75) is 142 Å². The lowest BCUT2D eigenvalue weighted by atomic mass is 9.41. The average molecular weight is 681 g/mol. The maximum Gasteiger partial charge on any atom is 0.254 e. The standard InChI is InChI=1S/C40H60N2O7/c1-23-20-25(32(43)36(4,5)46)48-31-30(23)37(6)14-15-40-22-39(40)13-10-28(35(2,3)26(39)8-9-27(40)38(37,7)33(31)44)49-29-21-42(18-19-47-29)34(45)24-11-16-41-17-12-24/h11-12,16-17,23,25-33,43-44,46H,8-10,13-15,18-22H2,1-7H3/t23-,25?,26+,27?,28?,29?,30?,31?,32?,33+,37?,38-,39?,40?/m1/s1. The Balaban J connectivity index is 1.00. The van der Waals surface area contributed by atoms with Gasteiger partial charge in [0, 0.05) is 29.9 Å². The number of carbonyl (C=O) groups excluding carboxylic acids is 1. The number of ether oxygens (including phenoxy) is 3. The molecule has 8 rings (SSSR count). The van der Waals surface area contributed by atoms with Crippen LogP contribution in [-0.4, -0.2) is 93.2 Å². The Labute approximate surface area is 292 Å². The average Bonchev–Trinajstić information content (AvgIpc) is 3.70. The molecule has 5 saturated carbocycles. The minimum Gasteiger partial charge on any atom is -0.390 e. The molecule has 2 saturated heterocycles. The van der Waals surface area contributed by atoms with Gasteiger partial charge >= 0.3 is 0 Å². The molecule has 7 aliphatic rings. The molecular weight excluding hydrogens is 620 g/mol. The van der Waals surface area contributed by atoms with E-state index in [4.69, 9.17) is 14.2 Å². The lowest BCUT2D eigenvalue weighted by molar-refractivity contribution is -0.245. The molecule has 2 aliphatic heterocycles. The van der Waals surface area contributed by atoms with E-state index < -0.39 is 30.2 Å². The van der Waals surface area contributed by atoms with Crippen LogP contribution in [0.4, 0.5) is 0 Å². The summed E-state index contributed by atoms with van der Waals surface area (Å²) in [5.41, 5.74) is -0.513. The predicted octanol–water partition coefficient (Wildman–Crippen LogP) is 5.21. The van der Waals surface area contributed by atoms with Gasteiger partial charge in [-0.2, -0.15) is 0 Å². The topological polar surface area (TPSA) is 122 Å². The van der Waals surface area contributed by atoms with Crippen molar-refractivity contribution in [1.82, 2.24) is 9.88 Å². The zero-order chi connectivity index (χ0) is 34.9. The number of aliphatic hydroxyl groups is 3. The molecule has 0 radical (unpaired) electrons. The third-order valence-electron chi connectivity index (χ3n) is 16.4. The van der Waals surface area contributed by atoms with Gasteiger partial charge in [-0.1, -0.05) is 34.6 Å². The number of pyridine rings is 1. The van der Waals surface area contributed by atoms with Crippen molar-refractivity contribution in [3.05, 3.63) is 30.1 Å². The van der Waals surface area contributed by atoms with Crippen LogP contribution in [0.2, 0.25) is 0 Å². The summed E-state index contributed by atoms with van der Waals surface area (Å²) >= 11 is 0. The van der Waals surface area contributed by atoms with Gasteiger partial charge in [-0.3, -0.25) is 9.78 Å². The molecule has 10 unspecified atom stereocenters. The van der Waals surface area contributed by atoms with Crippen LogP contribution in [-0.2, 0) is 14.2 Å². The third kappa shape index (κ3) is 4.64. The summed E-state index contributed by atoms with van der Waals surface area (Å²) in [7, 11) is 0. The van der Waals surface area contributed by atoms with Crippen molar-refractivity contribution in [2.75, 3.05) is 19.7 Å². The summed E-state index contributed by atoms with van der Waals surface area (Å²) < 4.78 is 19.7. The Morgan fingerprint density at radius 3 is 2.47 bits per heavy atom. The molecule has 14 atom stereocenters. The van der Waals surface area contributed by atoms with Crippen molar-refractivity contribution in [3.63, 3.8) is 0 Å². The lowest BCUT2D eigenvalue weighted by Gasteiger charge is -2.64. The fourth-order valence-corrected chi connectivity index (χ4v) is 14.0. The summed E-state index contributed by atoms with van der Waals surface area (Å²) in [6.45, 7) is 16.7. The number of hydrogen-bond donors (Lipinski definition) is 3. The fourth-order valence-electron chi connectivity index (χ4n) is 14.0. The van der Waals surface area contributed by atoms with E-state index >= 15 is 0 Å². The molecule has 9 heteroatoms. The van der Waals surface area contributed by atoms with E-state index in [1.54, 1.807) is 38.4 Å². The van der Waals surface area contributed by atoms with E-state index in [9.17, 15) is 20.1 Å². The number of morpholine rings is 1. The number of aliphatic hydroxyl groups excluding tert-OH is 2. The zero-order valence-corrected chi connectivity index (χ0v) is 30.7. The van der Waals surface area contributed by atoms with Crippen LogP contribution in [0.15, 0.2) is 24.5 Å². The fraction of sp³-hybridized carbons (Fsp3) is 0.850. The number of aromatic nitrogens is 1. The summed E-state index contributed by atoms with van der Waals surface area (Å²) in [4.78, 5) is 19.1. The largest absolute Gasteiger partial charge is 0.390 e. The van der Waals surface area contributed by atoms with Gasteiger partial charge in [0.1, 0.15) is 6.10 Å². The van der Waals surface area contributed by atoms with E-state index in [2.05, 4.69) is 39.6 Å². The normalized spacial score (nSPS) is 49.1. The molecule has 9 nitrogen and oxygen atoms in total. The highest BCUT2D eigenvalue weighted by atomic mass is 16.7. The summed E-state index contributed by atoms with van der Waals surface area (Å²) in [5, 5.41) is 34.2. The van der Waals surface area contributed by atoms with Gasteiger partial charge in [-0.25, -0.2) is 0 Å². The van der Waals surface area contributed by atoms with Crippen LogP contribution in [0.25, 0.3) is 0 Å². The third-order valence-corrected chi connectivity index (χ3v) is 16.4. The maximum atomic E-state index is 13.2. The lowest BCUT2D eigenvalue weighted by Crippen LogP contribution is -2.60. The van der Waals surface area contributed by atoms with Gasteiger partial charge in [0.2, 0.25) is 0 Å². The summed E-state index contributed by atoms with van der Waals surface area (Å²) in [6.07, 6.45) is 9.09. The van der Waals surface area contributed by atoms with Crippen LogP contribution in [0.3, 0.4) is 0 Å². The van der Waals surface area contributed by atoms with Crippen molar-refractivity contribution in [2.24, 2.45) is 50.7 Å². The Hall–Kier alpha value is -1.62. The molecule has 49 heavy (non-hydrogen) atoms. The molecule has 3 N–H and O–H groups in total. The zero-order valence-electron chi connectivity index (χ0n) is 30.7. The van der Waals surface area contributed by atoms with E-state index in [0.717, 1.165) is 32.1 Å².